The van der Waals surface area contributed by atoms with Crippen molar-refractivity contribution in [3.8, 4) is 5.75 Å². The van der Waals surface area contributed by atoms with Crippen LogP contribution in [0.4, 0.5) is 0 Å². The first-order valence-electron chi connectivity index (χ1n) is 5.51. The third kappa shape index (κ3) is 2.66. The Morgan fingerprint density at radius 3 is 2.79 bits per heavy atom. The molecule has 0 saturated carbocycles. The fraction of sp³-hybridized carbons (Fsp3) is 0.0769. The summed E-state index contributed by atoms with van der Waals surface area (Å²) in [5.74, 6) is 1.15. The summed E-state index contributed by atoms with van der Waals surface area (Å²) in [6.07, 6.45) is 0. The van der Waals surface area contributed by atoms with Crippen molar-refractivity contribution in [2.24, 2.45) is 0 Å². The molecule has 1 aromatic carbocycles. The molecule has 6 heteroatoms. The minimum atomic E-state index is 0.233. The topological polar surface area (TPSA) is 35.0 Å². The summed E-state index contributed by atoms with van der Waals surface area (Å²) in [5, 5.41) is 3.81. The van der Waals surface area contributed by atoms with E-state index in [0.717, 1.165) is 10.2 Å². The smallest absolute Gasteiger partial charge is 0.169 e. The number of hydrogen-bond donors (Lipinski definition) is 0. The van der Waals surface area contributed by atoms with E-state index in [-0.39, 0.29) is 6.61 Å². The molecule has 19 heavy (non-hydrogen) atoms. The number of aromatic nitrogens is 2. The van der Waals surface area contributed by atoms with Gasteiger partial charge in [0.05, 0.1) is 5.02 Å². The second kappa shape index (κ2) is 5.33. The van der Waals surface area contributed by atoms with Crippen molar-refractivity contribution in [3.05, 3.63) is 51.7 Å². The summed E-state index contributed by atoms with van der Waals surface area (Å²) in [5.41, 5.74) is 0. The maximum atomic E-state index is 6.09. The summed E-state index contributed by atoms with van der Waals surface area (Å²) in [4.78, 5) is 9.47. The number of benzene rings is 1. The lowest BCUT2D eigenvalue weighted by Gasteiger charge is -2.07. The van der Waals surface area contributed by atoms with Gasteiger partial charge < -0.3 is 4.74 Å². The molecular formula is C13H8Cl2N2OS. The summed E-state index contributed by atoms with van der Waals surface area (Å²) >= 11 is 13.6. The Kier molecular flexibility index (Phi) is 3.55. The molecule has 2 heterocycles. The lowest BCUT2D eigenvalue weighted by atomic mass is 10.3. The van der Waals surface area contributed by atoms with Gasteiger partial charge in [-0.2, -0.15) is 0 Å². The highest BCUT2D eigenvalue weighted by molar-refractivity contribution is 7.16. The van der Waals surface area contributed by atoms with E-state index in [9.17, 15) is 0 Å². The molecule has 0 radical (unpaired) electrons. The van der Waals surface area contributed by atoms with Gasteiger partial charge in [0.1, 0.15) is 22.3 Å². The van der Waals surface area contributed by atoms with Gasteiger partial charge in [0.2, 0.25) is 0 Å². The average Bonchev–Trinajstić information content (AvgIpc) is 2.87. The zero-order valence-electron chi connectivity index (χ0n) is 9.64. The molecule has 0 aliphatic carbocycles. The zero-order valence-corrected chi connectivity index (χ0v) is 12.0. The number of halogens is 2. The first-order chi connectivity index (χ1) is 9.24. The first kappa shape index (κ1) is 12.7. The summed E-state index contributed by atoms with van der Waals surface area (Å²) < 4.78 is 5.59. The number of nitrogens with zero attached hydrogens (tertiary/aromatic N) is 2. The highest BCUT2D eigenvalue weighted by Gasteiger charge is 2.08. The van der Waals surface area contributed by atoms with Crippen LogP contribution in [0.2, 0.25) is 10.2 Å². The molecule has 0 amide bonds. The molecular weight excluding hydrogens is 303 g/mol. The Morgan fingerprint density at radius 2 is 1.95 bits per heavy atom. The van der Waals surface area contributed by atoms with Crippen molar-refractivity contribution in [3.63, 3.8) is 0 Å². The number of thiophene rings is 1. The van der Waals surface area contributed by atoms with Crippen LogP contribution in [-0.4, -0.2) is 9.97 Å². The number of rotatable bonds is 3. The van der Waals surface area contributed by atoms with Crippen LogP contribution in [0.5, 0.6) is 5.75 Å². The Hall–Kier alpha value is -1.36. The Morgan fingerprint density at radius 1 is 1.11 bits per heavy atom. The highest BCUT2D eigenvalue weighted by atomic mass is 35.5. The van der Waals surface area contributed by atoms with E-state index in [1.54, 1.807) is 12.1 Å². The van der Waals surface area contributed by atoms with E-state index in [1.807, 2.05) is 23.6 Å². The van der Waals surface area contributed by atoms with Gasteiger partial charge in [0.25, 0.3) is 0 Å². The summed E-state index contributed by atoms with van der Waals surface area (Å²) in [7, 11) is 0. The van der Waals surface area contributed by atoms with Crippen molar-refractivity contribution in [1.82, 2.24) is 9.97 Å². The second-order valence-electron chi connectivity index (χ2n) is 3.79. The van der Waals surface area contributed by atoms with Gasteiger partial charge in [0, 0.05) is 5.39 Å². The first-order valence-corrected chi connectivity index (χ1v) is 7.14. The molecule has 0 spiro atoms. The molecule has 0 saturated heterocycles. The second-order valence-corrected chi connectivity index (χ2v) is 5.45. The van der Waals surface area contributed by atoms with Gasteiger partial charge in [-0.3, -0.25) is 0 Å². The number of para-hydroxylation sites is 1. The normalized spacial score (nSPS) is 10.8. The van der Waals surface area contributed by atoms with Crippen LogP contribution in [0.1, 0.15) is 5.82 Å². The largest absolute Gasteiger partial charge is 0.484 e. The predicted molar refractivity (Wildman–Crippen MR) is 78.2 cm³/mol. The summed E-state index contributed by atoms with van der Waals surface area (Å²) in [6, 6.07) is 9.18. The standard InChI is InChI=1S/C13H8Cl2N2OS/c14-9-3-1-2-4-10(9)18-7-11-16-12(15)8-5-6-19-13(8)17-11/h1-6H,7H2. The van der Waals surface area contributed by atoms with Gasteiger partial charge in [-0.25, -0.2) is 9.97 Å². The van der Waals surface area contributed by atoms with Crippen LogP contribution < -0.4 is 4.74 Å². The Labute approximate surface area is 123 Å². The fourth-order valence-electron chi connectivity index (χ4n) is 1.63. The maximum absolute atomic E-state index is 6.09. The van der Waals surface area contributed by atoms with Crippen LogP contribution in [0.25, 0.3) is 10.2 Å². The SMILES string of the molecule is Clc1ccccc1OCc1nc(Cl)c2ccsc2n1. The molecule has 0 fully saturated rings. The average molecular weight is 311 g/mol. The van der Waals surface area contributed by atoms with Crippen LogP contribution in [-0.2, 0) is 6.61 Å². The molecule has 3 rings (SSSR count). The van der Waals surface area contributed by atoms with Crippen molar-refractivity contribution >= 4 is 44.8 Å². The van der Waals surface area contributed by atoms with Crippen LogP contribution in [0.15, 0.2) is 35.7 Å². The molecule has 0 unspecified atom stereocenters. The van der Waals surface area contributed by atoms with Crippen molar-refractivity contribution in [2.45, 2.75) is 6.61 Å². The molecule has 0 aliphatic heterocycles. The molecule has 3 aromatic rings. The third-order valence-electron chi connectivity index (χ3n) is 2.52. The molecule has 3 nitrogen and oxygen atoms in total. The molecule has 96 valence electrons. The number of ether oxygens (including phenoxy) is 1. The van der Waals surface area contributed by atoms with E-state index in [0.29, 0.717) is 21.7 Å². The van der Waals surface area contributed by atoms with Gasteiger partial charge in [-0.05, 0) is 23.6 Å². The molecule has 2 aromatic heterocycles. The quantitative estimate of drug-likeness (QED) is 0.664. The number of hydrogen-bond acceptors (Lipinski definition) is 4. The maximum Gasteiger partial charge on any atom is 0.169 e. The molecule has 0 atom stereocenters. The van der Waals surface area contributed by atoms with Crippen LogP contribution >= 0.6 is 34.5 Å². The van der Waals surface area contributed by atoms with Crippen molar-refractivity contribution < 1.29 is 4.74 Å². The van der Waals surface area contributed by atoms with Gasteiger partial charge >= 0.3 is 0 Å². The molecule has 0 bridgehead atoms. The van der Waals surface area contributed by atoms with E-state index >= 15 is 0 Å². The Balaban J connectivity index is 1.84. The van der Waals surface area contributed by atoms with E-state index in [4.69, 9.17) is 27.9 Å². The monoisotopic (exact) mass is 310 g/mol. The van der Waals surface area contributed by atoms with Gasteiger partial charge in [-0.15, -0.1) is 11.3 Å². The predicted octanol–water partition coefficient (Wildman–Crippen LogP) is 4.58. The lowest BCUT2D eigenvalue weighted by Crippen LogP contribution is -2.01. The van der Waals surface area contributed by atoms with Crippen LogP contribution in [0.3, 0.4) is 0 Å². The summed E-state index contributed by atoms with van der Waals surface area (Å²) in [6.45, 7) is 0.233. The van der Waals surface area contributed by atoms with Crippen LogP contribution in [0, 0.1) is 0 Å². The number of fused-ring (bicyclic) bond motifs is 1. The highest BCUT2D eigenvalue weighted by Crippen LogP contribution is 2.26. The third-order valence-corrected chi connectivity index (χ3v) is 3.93. The molecule has 0 N–H and O–H groups in total. The Bertz CT molecular complexity index is 729. The van der Waals surface area contributed by atoms with E-state index in [1.165, 1.54) is 11.3 Å². The van der Waals surface area contributed by atoms with Gasteiger partial charge in [0.15, 0.2) is 5.82 Å². The van der Waals surface area contributed by atoms with E-state index < -0.39 is 0 Å². The minimum Gasteiger partial charge on any atom is -0.484 e. The lowest BCUT2D eigenvalue weighted by molar-refractivity contribution is 0.296. The fourth-order valence-corrected chi connectivity index (χ4v) is 2.91. The zero-order chi connectivity index (χ0) is 13.2. The molecule has 0 aliphatic rings. The van der Waals surface area contributed by atoms with E-state index in [2.05, 4.69) is 9.97 Å². The minimum absolute atomic E-state index is 0.233. The van der Waals surface area contributed by atoms with Crippen molar-refractivity contribution in [2.75, 3.05) is 0 Å². The van der Waals surface area contributed by atoms with Gasteiger partial charge in [-0.1, -0.05) is 35.3 Å². The van der Waals surface area contributed by atoms with Crippen molar-refractivity contribution in [1.29, 1.82) is 0 Å².